The van der Waals surface area contributed by atoms with Gasteiger partial charge in [-0.05, 0) is 4.74 Å². The van der Waals surface area contributed by atoms with E-state index in [-0.39, 0.29) is 0 Å². The lowest BCUT2D eigenvalue weighted by Gasteiger charge is -2.19. The Labute approximate surface area is 65.7 Å². The maximum Gasteiger partial charge on any atom is 0.232 e. The molecule has 0 spiro atoms. The van der Waals surface area contributed by atoms with Crippen LogP contribution in [0.2, 0.25) is 0 Å². The first-order valence-corrected chi connectivity index (χ1v) is 3.68. The molecule has 0 saturated carbocycles. The standard InChI is InChI=1S/C7H14NO3/c1-5-7(10)6(9)3-4-8(5)11-2/h6-7,9-10H,3-4H2,1-2H3/q+1. The topological polar surface area (TPSA) is 52.7 Å². The molecule has 0 saturated heterocycles. The summed E-state index contributed by atoms with van der Waals surface area (Å²) in [5.41, 5.74) is 0.672. The summed E-state index contributed by atoms with van der Waals surface area (Å²) in [5.74, 6) is 0. The second-order valence-corrected chi connectivity index (χ2v) is 2.73. The van der Waals surface area contributed by atoms with Crippen LogP contribution in [0, 0.1) is 0 Å². The molecule has 2 N–H and O–H groups in total. The van der Waals surface area contributed by atoms with Crippen molar-refractivity contribution in [1.29, 1.82) is 0 Å². The van der Waals surface area contributed by atoms with Crippen molar-refractivity contribution in [3.63, 3.8) is 0 Å². The lowest BCUT2D eigenvalue weighted by molar-refractivity contribution is -0.784. The smallest absolute Gasteiger partial charge is 0.232 e. The fourth-order valence-corrected chi connectivity index (χ4v) is 1.24. The third-order valence-electron chi connectivity index (χ3n) is 2.03. The maximum absolute atomic E-state index is 9.34. The van der Waals surface area contributed by atoms with E-state index >= 15 is 0 Å². The molecule has 4 nitrogen and oxygen atoms in total. The first-order valence-electron chi connectivity index (χ1n) is 3.68. The fraction of sp³-hybridized carbons (Fsp3) is 0.857. The second-order valence-electron chi connectivity index (χ2n) is 2.73. The minimum atomic E-state index is -0.774. The van der Waals surface area contributed by atoms with E-state index in [2.05, 4.69) is 0 Å². The monoisotopic (exact) mass is 160 g/mol. The Morgan fingerprint density at radius 2 is 2.18 bits per heavy atom. The second kappa shape index (κ2) is 3.19. The zero-order valence-corrected chi connectivity index (χ0v) is 6.82. The van der Waals surface area contributed by atoms with Crippen molar-refractivity contribution in [3.8, 4) is 0 Å². The molecule has 1 heterocycles. The summed E-state index contributed by atoms with van der Waals surface area (Å²) in [6.07, 6.45) is -0.864. The van der Waals surface area contributed by atoms with Crippen LogP contribution in [0.5, 0.6) is 0 Å². The van der Waals surface area contributed by atoms with E-state index in [0.717, 1.165) is 0 Å². The van der Waals surface area contributed by atoms with Crippen LogP contribution in [-0.2, 0) is 4.84 Å². The third kappa shape index (κ3) is 1.52. The van der Waals surface area contributed by atoms with Gasteiger partial charge in [-0.3, -0.25) is 4.84 Å². The highest BCUT2D eigenvalue weighted by Crippen LogP contribution is 2.08. The van der Waals surface area contributed by atoms with Gasteiger partial charge in [0, 0.05) is 13.3 Å². The first kappa shape index (κ1) is 8.49. The largest absolute Gasteiger partial charge is 0.390 e. The van der Waals surface area contributed by atoms with Crippen molar-refractivity contribution in [3.05, 3.63) is 0 Å². The molecule has 0 bridgehead atoms. The Kier molecular flexibility index (Phi) is 2.46. The van der Waals surface area contributed by atoms with E-state index in [9.17, 15) is 10.2 Å². The molecule has 1 aliphatic rings. The van der Waals surface area contributed by atoms with E-state index in [1.165, 1.54) is 0 Å². The van der Waals surface area contributed by atoms with Gasteiger partial charge in [0.1, 0.15) is 7.11 Å². The average molecular weight is 160 g/mol. The van der Waals surface area contributed by atoms with Crippen LogP contribution in [0.3, 0.4) is 0 Å². The van der Waals surface area contributed by atoms with Crippen molar-refractivity contribution < 1.29 is 19.8 Å². The molecular weight excluding hydrogens is 146 g/mol. The average Bonchev–Trinajstić information content (AvgIpc) is 2.01. The number of aliphatic hydroxyl groups excluding tert-OH is 2. The van der Waals surface area contributed by atoms with Crippen LogP contribution < -0.4 is 0 Å². The van der Waals surface area contributed by atoms with Crippen LogP contribution in [-0.4, -0.2) is 46.5 Å². The van der Waals surface area contributed by atoms with Gasteiger partial charge >= 0.3 is 0 Å². The van der Waals surface area contributed by atoms with E-state index in [1.807, 2.05) is 0 Å². The van der Waals surface area contributed by atoms with Crippen molar-refractivity contribution in [1.82, 2.24) is 0 Å². The predicted octanol–water partition coefficient (Wildman–Crippen LogP) is -0.853. The molecule has 0 aromatic heterocycles. The molecule has 0 radical (unpaired) electrons. The first-order chi connectivity index (χ1) is 5.16. The van der Waals surface area contributed by atoms with Crippen LogP contribution in [0.15, 0.2) is 0 Å². The van der Waals surface area contributed by atoms with Crippen molar-refractivity contribution in [2.24, 2.45) is 0 Å². The number of aliphatic hydroxyl groups is 2. The molecule has 2 atom stereocenters. The molecule has 2 unspecified atom stereocenters. The van der Waals surface area contributed by atoms with Gasteiger partial charge in [0.2, 0.25) is 5.71 Å². The Hall–Kier alpha value is -0.610. The fourth-order valence-electron chi connectivity index (χ4n) is 1.24. The van der Waals surface area contributed by atoms with Crippen molar-refractivity contribution >= 4 is 5.71 Å². The number of hydrogen-bond donors (Lipinski definition) is 2. The lowest BCUT2D eigenvalue weighted by Crippen LogP contribution is -2.44. The number of nitrogens with zero attached hydrogens (tertiary/aromatic N) is 1. The van der Waals surface area contributed by atoms with Crippen molar-refractivity contribution in [2.45, 2.75) is 25.6 Å². The highest BCUT2D eigenvalue weighted by Gasteiger charge is 2.33. The maximum atomic E-state index is 9.34. The zero-order chi connectivity index (χ0) is 8.43. The molecule has 11 heavy (non-hydrogen) atoms. The summed E-state index contributed by atoms with van der Waals surface area (Å²) < 4.78 is 1.59. The Balaban J connectivity index is 2.78. The summed E-state index contributed by atoms with van der Waals surface area (Å²) in [5, 5.41) is 18.5. The summed E-state index contributed by atoms with van der Waals surface area (Å²) in [6.45, 7) is 2.39. The Morgan fingerprint density at radius 3 is 2.73 bits per heavy atom. The summed E-state index contributed by atoms with van der Waals surface area (Å²) in [4.78, 5) is 4.95. The molecule has 0 fully saturated rings. The Bertz CT molecular complexity index is 179. The van der Waals surface area contributed by atoms with Gasteiger partial charge in [-0.15, -0.1) is 0 Å². The molecular formula is C7H14NO3+. The van der Waals surface area contributed by atoms with Crippen molar-refractivity contribution in [2.75, 3.05) is 13.7 Å². The minimum Gasteiger partial charge on any atom is -0.390 e. The Morgan fingerprint density at radius 1 is 1.55 bits per heavy atom. The predicted molar refractivity (Wildman–Crippen MR) is 39.4 cm³/mol. The summed E-state index contributed by atoms with van der Waals surface area (Å²) in [6, 6.07) is 0. The number of hydrogen-bond acceptors (Lipinski definition) is 3. The van der Waals surface area contributed by atoms with Gasteiger partial charge in [0.05, 0.1) is 6.10 Å². The van der Waals surface area contributed by atoms with Gasteiger partial charge in [-0.2, -0.15) is 0 Å². The van der Waals surface area contributed by atoms with Crippen LogP contribution in [0.4, 0.5) is 0 Å². The minimum absolute atomic E-state index is 0.548. The SMILES string of the molecule is CO[N+]1=C(C)C(O)C(O)CC1. The van der Waals surface area contributed by atoms with Crippen LogP contribution >= 0.6 is 0 Å². The zero-order valence-electron chi connectivity index (χ0n) is 6.82. The molecule has 4 heteroatoms. The normalized spacial score (nSPS) is 32.4. The lowest BCUT2D eigenvalue weighted by atomic mass is 10.0. The van der Waals surface area contributed by atoms with Gasteiger partial charge < -0.3 is 10.2 Å². The molecule has 64 valence electrons. The number of rotatable bonds is 1. The van der Waals surface area contributed by atoms with E-state index < -0.39 is 12.2 Å². The van der Waals surface area contributed by atoms with E-state index in [4.69, 9.17) is 4.84 Å². The highest BCUT2D eigenvalue weighted by molar-refractivity contribution is 5.82. The third-order valence-corrected chi connectivity index (χ3v) is 2.03. The van der Waals surface area contributed by atoms with Gasteiger partial charge in [-0.25, -0.2) is 0 Å². The molecule has 1 aliphatic heterocycles. The van der Waals surface area contributed by atoms with Crippen LogP contribution in [0.25, 0.3) is 0 Å². The molecule has 0 aromatic rings. The van der Waals surface area contributed by atoms with E-state index in [1.54, 1.807) is 18.8 Å². The van der Waals surface area contributed by atoms with Gasteiger partial charge in [0.25, 0.3) is 0 Å². The van der Waals surface area contributed by atoms with Gasteiger partial charge in [0.15, 0.2) is 12.6 Å². The quantitative estimate of drug-likeness (QED) is 0.491. The van der Waals surface area contributed by atoms with Crippen LogP contribution in [0.1, 0.15) is 13.3 Å². The summed E-state index contributed by atoms with van der Waals surface area (Å²) >= 11 is 0. The molecule has 0 aromatic carbocycles. The van der Waals surface area contributed by atoms with Gasteiger partial charge in [-0.1, -0.05) is 0 Å². The molecule has 1 rings (SSSR count). The highest BCUT2D eigenvalue weighted by atomic mass is 16.7. The molecule has 0 amide bonds. The summed E-state index contributed by atoms with van der Waals surface area (Å²) in [7, 11) is 1.55. The molecule has 0 aliphatic carbocycles. The number of hydroxylamine groups is 1. The van der Waals surface area contributed by atoms with E-state index in [0.29, 0.717) is 18.7 Å².